The first-order valence-electron chi connectivity index (χ1n) is 5.46. The molecule has 0 fully saturated rings. The minimum absolute atomic E-state index is 0.185. The first-order chi connectivity index (χ1) is 7.71. The Hall–Kier alpha value is -0.180. The normalized spacial score (nSPS) is 11.9. The molecule has 0 atom stereocenters. The van der Waals surface area contributed by atoms with Gasteiger partial charge in [0.1, 0.15) is 14.8 Å². The maximum Gasteiger partial charge on any atom is 0.147 e. The van der Waals surface area contributed by atoms with Crippen molar-refractivity contribution in [3.05, 3.63) is 11.2 Å². The highest BCUT2D eigenvalue weighted by molar-refractivity contribution is 8.23. The van der Waals surface area contributed by atoms with Gasteiger partial charge in [-0.2, -0.15) is 0 Å². The summed E-state index contributed by atoms with van der Waals surface area (Å²) in [6, 6.07) is 0. The molecule has 0 amide bonds. The lowest BCUT2D eigenvalue weighted by molar-refractivity contribution is 0.0783. The SMILES string of the molecule is CC.CC.CC(C)(O)c1ncc(S(N)(O)O)s1. The van der Waals surface area contributed by atoms with Gasteiger partial charge in [-0.25, -0.2) is 10.1 Å². The monoisotopic (exact) mass is 284 g/mol. The van der Waals surface area contributed by atoms with E-state index >= 15 is 0 Å². The van der Waals surface area contributed by atoms with Gasteiger partial charge in [-0.15, -0.1) is 10.8 Å². The zero-order valence-electron chi connectivity index (χ0n) is 11.3. The quantitative estimate of drug-likeness (QED) is 0.667. The van der Waals surface area contributed by atoms with Crippen LogP contribution in [0.2, 0.25) is 0 Å². The molecule has 0 saturated heterocycles. The molecule has 1 aromatic heterocycles. The second-order valence-corrected chi connectivity index (χ2v) is 6.05. The molecule has 1 rings (SSSR count). The van der Waals surface area contributed by atoms with Crippen molar-refractivity contribution in [1.82, 2.24) is 4.98 Å². The Morgan fingerprint density at radius 2 is 1.65 bits per heavy atom. The Balaban J connectivity index is 0. The fourth-order valence-electron chi connectivity index (χ4n) is 0.681. The molecule has 0 aliphatic carbocycles. The van der Waals surface area contributed by atoms with Crippen LogP contribution in [0.4, 0.5) is 0 Å². The second kappa shape index (κ2) is 8.02. The van der Waals surface area contributed by atoms with Crippen LogP contribution in [0.25, 0.3) is 0 Å². The number of rotatable bonds is 2. The number of aromatic nitrogens is 1. The predicted molar refractivity (Wildman–Crippen MR) is 75.4 cm³/mol. The number of thiazole rings is 1. The van der Waals surface area contributed by atoms with Crippen LogP contribution in [0, 0.1) is 0 Å². The molecule has 104 valence electrons. The van der Waals surface area contributed by atoms with E-state index in [1.807, 2.05) is 27.7 Å². The number of hydrogen-bond acceptors (Lipinski definition) is 6. The highest BCUT2D eigenvalue weighted by Crippen LogP contribution is 2.44. The van der Waals surface area contributed by atoms with Gasteiger partial charge in [0.25, 0.3) is 0 Å². The Kier molecular flexibility index (Phi) is 9.04. The van der Waals surface area contributed by atoms with Crippen molar-refractivity contribution in [1.29, 1.82) is 0 Å². The van der Waals surface area contributed by atoms with Gasteiger partial charge in [0.05, 0.1) is 6.20 Å². The summed E-state index contributed by atoms with van der Waals surface area (Å²) in [4.78, 5) is 3.84. The van der Waals surface area contributed by atoms with E-state index in [1.165, 1.54) is 6.20 Å². The molecule has 0 aliphatic rings. The van der Waals surface area contributed by atoms with Crippen LogP contribution in [-0.2, 0) is 5.60 Å². The molecule has 0 spiro atoms. The smallest absolute Gasteiger partial charge is 0.147 e. The van der Waals surface area contributed by atoms with Crippen LogP contribution in [0.5, 0.6) is 0 Å². The number of hydrogen-bond donors (Lipinski definition) is 4. The fraction of sp³-hybridized carbons (Fsp3) is 0.700. The van der Waals surface area contributed by atoms with Gasteiger partial charge >= 0.3 is 0 Å². The summed E-state index contributed by atoms with van der Waals surface area (Å²) in [6.07, 6.45) is 1.27. The van der Waals surface area contributed by atoms with E-state index in [2.05, 4.69) is 4.98 Å². The van der Waals surface area contributed by atoms with E-state index in [4.69, 9.17) is 14.2 Å². The van der Waals surface area contributed by atoms with Gasteiger partial charge in [0, 0.05) is 0 Å². The number of nitrogens with two attached hydrogens (primary N) is 1. The van der Waals surface area contributed by atoms with Crippen molar-refractivity contribution in [2.45, 2.75) is 51.4 Å². The van der Waals surface area contributed by atoms with Gasteiger partial charge in [-0.1, -0.05) is 39.0 Å². The average Bonchev–Trinajstić information content (AvgIpc) is 2.71. The Morgan fingerprint density at radius 3 is 1.82 bits per heavy atom. The molecule has 1 heterocycles. The molecule has 0 aromatic carbocycles. The standard InChI is InChI=1S/C6H12N2O3S2.2C2H6/c1-6(2,9)5-8-3-4(12-5)13(7,10)11;2*1-2/h3,9-11H,7H2,1-2H3;2*1-2H3. The summed E-state index contributed by atoms with van der Waals surface area (Å²) in [7, 11) is -3.20. The molecule has 0 aliphatic heterocycles. The zero-order valence-corrected chi connectivity index (χ0v) is 12.9. The molecule has 5 N–H and O–H groups in total. The summed E-state index contributed by atoms with van der Waals surface area (Å²) in [5, 5.41) is 15.0. The van der Waals surface area contributed by atoms with Crippen LogP contribution >= 0.6 is 22.1 Å². The van der Waals surface area contributed by atoms with Crippen molar-refractivity contribution < 1.29 is 14.2 Å². The molecule has 0 bridgehead atoms. The molecule has 7 heteroatoms. The van der Waals surface area contributed by atoms with Crippen LogP contribution in [0.15, 0.2) is 10.4 Å². The minimum Gasteiger partial charge on any atom is -0.383 e. The van der Waals surface area contributed by atoms with E-state index in [9.17, 15) is 5.11 Å². The lowest BCUT2D eigenvalue weighted by Crippen LogP contribution is -2.14. The third-order valence-electron chi connectivity index (χ3n) is 1.30. The molecule has 0 radical (unpaired) electrons. The number of nitrogens with zero attached hydrogens (tertiary/aromatic N) is 1. The van der Waals surface area contributed by atoms with Crippen molar-refractivity contribution >= 4 is 22.1 Å². The highest BCUT2D eigenvalue weighted by atomic mass is 32.3. The summed E-state index contributed by atoms with van der Waals surface area (Å²) < 4.78 is 18.3. The topological polar surface area (TPSA) is 99.6 Å². The summed E-state index contributed by atoms with van der Waals surface area (Å²) in [5.74, 6) is 0. The van der Waals surface area contributed by atoms with Crippen LogP contribution in [0.3, 0.4) is 0 Å². The largest absolute Gasteiger partial charge is 0.383 e. The zero-order chi connectivity index (χ0) is 14.3. The molecule has 5 nitrogen and oxygen atoms in total. The Morgan fingerprint density at radius 1 is 1.24 bits per heavy atom. The molecule has 1 aromatic rings. The first-order valence-corrected chi connectivity index (χ1v) is 7.88. The van der Waals surface area contributed by atoms with E-state index in [-0.39, 0.29) is 4.21 Å². The van der Waals surface area contributed by atoms with E-state index < -0.39 is 16.4 Å². The van der Waals surface area contributed by atoms with Gasteiger partial charge < -0.3 is 5.11 Å². The van der Waals surface area contributed by atoms with E-state index in [1.54, 1.807) is 13.8 Å². The van der Waals surface area contributed by atoms with Crippen molar-refractivity contribution in [2.24, 2.45) is 5.14 Å². The third-order valence-corrected chi connectivity index (χ3v) is 4.09. The third kappa shape index (κ3) is 6.97. The second-order valence-electron chi connectivity index (χ2n) is 3.14. The molecular formula is C10H24N2O3S2. The van der Waals surface area contributed by atoms with E-state index in [0.717, 1.165) is 11.3 Å². The summed E-state index contributed by atoms with van der Waals surface area (Å²) in [6.45, 7) is 11.1. The van der Waals surface area contributed by atoms with Crippen molar-refractivity contribution in [3.8, 4) is 0 Å². The summed E-state index contributed by atoms with van der Waals surface area (Å²) >= 11 is 0.998. The maximum absolute atomic E-state index is 9.52. The average molecular weight is 284 g/mol. The minimum atomic E-state index is -3.20. The fourth-order valence-corrected chi connectivity index (χ4v) is 2.27. The van der Waals surface area contributed by atoms with Gasteiger partial charge in [-0.05, 0) is 13.8 Å². The number of aliphatic hydroxyl groups is 1. The van der Waals surface area contributed by atoms with Crippen LogP contribution in [-0.4, -0.2) is 19.2 Å². The molecule has 0 unspecified atom stereocenters. The van der Waals surface area contributed by atoms with Gasteiger partial charge in [0.2, 0.25) is 0 Å². The first kappa shape index (κ1) is 19.2. The Labute approximate surface area is 109 Å². The van der Waals surface area contributed by atoms with Crippen LogP contribution < -0.4 is 5.14 Å². The maximum atomic E-state index is 9.52. The van der Waals surface area contributed by atoms with Crippen molar-refractivity contribution in [2.75, 3.05) is 0 Å². The Bertz CT molecular complexity index is 275. The highest BCUT2D eigenvalue weighted by Gasteiger charge is 2.23. The van der Waals surface area contributed by atoms with Crippen molar-refractivity contribution in [3.63, 3.8) is 0 Å². The van der Waals surface area contributed by atoms with Gasteiger partial charge in [-0.3, -0.25) is 9.11 Å². The molecule has 0 saturated carbocycles. The van der Waals surface area contributed by atoms with Gasteiger partial charge in [0.15, 0.2) is 0 Å². The molecular weight excluding hydrogens is 260 g/mol. The van der Waals surface area contributed by atoms with E-state index in [0.29, 0.717) is 5.01 Å². The lowest BCUT2D eigenvalue weighted by atomic mass is 10.2. The molecule has 17 heavy (non-hydrogen) atoms. The van der Waals surface area contributed by atoms with Crippen LogP contribution in [0.1, 0.15) is 46.6 Å². The summed E-state index contributed by atoms with van der Waals surface area (Å²) in [5.41, 5.74) is -1.08. The lowest BCUT2D eigenvalue weighted by Gasteiger charge is -2.23. The predicted octanol–water partition coefficient (Wildman–Crippen LogP) is 3.41.